The van der Waals surface area contributed by atoms with Gasteiger partial charge in [-0.15, -0.1) is 0 Å². The van der Waals surface area contributed by atoms with Crippen LogP contribution in [0.1, 0.15) is 39.5 Å². The highest BCUT2D eigenvalue weighted by molar-refractivity contribution is 5.85. The largest absolute Gasteiger partial charge is 0.478 e. The van der Waals surface area contributed by atoms with E-state index >= 15 is 0 Å². The van der Waals surface area contributed by atoms with E-state index in [1.165, 1.54) is 0 Å². The van der Waals surface area contributed by atoms with Crippen molar-refractivity contribution >= 4 is 5.97 Å². The van der Waals surface area contributed by atoms with Crippen molar-refractivity contribution in [3.63, 3.8) is 0 Å². The summed E-state index contributed by atoms with van der Waals surface area (Å²) >= 11 is 0. The normalized spacial score (nSPS) is 12.4. The van der Waals surface area contributed by atoms with Crippen molar-refractivity contribution in [3.05, 3.63) is 12.2 Å². The molecule has 0 aromatic heterocycles. The second-order valence-electron chi connectivity index (χ2n) is 3.98. The molecule has 0 spiro atoms. The lowest BCUT2D eigenvalue weighted by atomic mass is 10.0. The Morgan fingerprint density at radius 3 is 2.73 bits per heavy atom. The van der Waals surface area contributed by atoms with E-state index in [-0.39, 0.29) is 5.57 Å². The number of aliphatic carboxylic acids is 1. The van der Waals surface area contributed by atoms with Gasteiger partial charge in [-0.05, 0) is 25.2 Å². The Balaban J connectivity index is 3.44. The van der Waals surface area contributed by atoms with Gasteiger partial charge in [-0.2, -0.15) is 0 Å². The maximum atomic E-state index is 10.5. The Kier molecular flexibility index (Phi) is 8.01. The van der Waals surface area contributed by atoms with E-state index in [0.29, 0.717) is 18.9 Å². The van der Waals surface area contributed by atoms with Gasteiger partial charge >= 0.3 is 5.97 Å². The summed E-state index contributed by atoms with van der Waals surface area (Å²) in [5, 5.41) is 8.61. The molecule has 15 heavy (non-hydrogen) atoms. The third-order valence-corrected chi connectivity index (χ3v) is 2.29. The van der Waals surface area contributed by atoms with Crippen LogP contribution in [0.2, 0.25) is 0 Å². The van der Waals surface area contributed by atoms with Crippen molar-refractivity contribution in [1.82, 2.24) is 0 Å². The first kappa shape index (κ1) is 14.2. The first-order valence-electron chi connectivity index (χ1n) is 5.56. The van der Waals surface area contributed by atoms with Gasteiger partial charge in [0.05, 0.1) is 0 Å². The summed E-state index contributed by atoms with van der Waals surface area (Å²) in [6, 6.07) is 0. The number of rotatable bonds is 9. The predicted octanol–water partition coefficient (Wildman–Crippen LogP) is 2.86. The Bertz CT molecular complexity index is 199. The van der Waals surface area contributed by atoms with Crippen molar-refractivity contribution in [3.8, 4) is 0 Å². The van der Waals surface area contributed by atoms with Gasteiger partial charge in [0.25, 0.3) is 0 Å². The molecule has 0 bridgehead atoms. The van der Waals surface area contributed by atoms with Crippen molar-refractivity contribution in [2.75, 3.05) is 13.2 Å². The van der Waals surface area contributed by atoms with E-state index in [4.69, 9.17) is 9.84 Å². The molecule has 0 rings (SSSR count). The van der Waals surface area contributed by atoms with E-state index < -0.39 is 5.97 Å². The van der Waals surface area contributed by atoms with Crippen LogP contribution >= 0.6 is 0 Å². The van der Waals surface area contributed by atoms with Crippen molar-refractivity contribution in [2.24, 2.45) is 5.92 Å². The molecule has 88 valence electrons. The zero-order chi connectivity index (χ0) is 11.7. The van der Waals surface area contributed by atoms with Crippen LogP contribution in [0, 0.1) is 5.92 Å². The van der Waals surface area contributed by atoms with E-state index in [0.717, 1.165) is 25.9 Å². The summed E-state index contributed by atoms with van der Waals surface area (Å²) in [6.45, 7) is 9.22. The summed E-state index contributed by atoms with van der Waals surface area (Å²) in [5.74, 6) is -0.493. The van der Waals surface area contributed by atoms with Gasteiger partial charge in [0.1, 0.15) is 0 Å². The Labute approximate surface area is 92.1 Å². The molecular weight excluding hydrogens is 192 g/mol. The number of hydrogen-bond donors (Lipinski definition) is 1. The number of carboxylic acid groups (broad SMARTS) is 1. The molecule has 0 aromatic carbocycles. The standard InChI is InChI=1S/C12H22O3/c1-4-5-8-15-9-10(2)6-7-11(3)12(13)14/h10H,3-9H2,1-2H3,(H,13,14). The summed E-state index contributed by atoms with van der Waals surface area (Å²) < 4.78 is 5.45. The quantitative estimate of drug-likeness (QED) is 0.474. The molecule has 0 saturated carbocycles. The molecule has 0 amide bonds. The van der Waals surface area contributed by atoms with Crippen LogP contribution in [0.25, 0.3) is 0 Å². The molecule has 1 atom stereocenters. The fourth-order valence-electron chi connectivity index (χ4n) is 1.14. The van der Waals surface area contributed by atoms with Gasteiger partial charge in [-0.25, -0.2) is 4.79 Å². The molecule has 0 aliphatic heterocycles. The highest BCUT2D eigenvalue weighted by atomic mass is 16.5. The molecule has 0 saturated heterocycles. The average molecular weight is 214 g/mol. The molecule has 0 fully saturated rings. The maximum absolute atomic E-state index is 10.5. The van der Waals surface area contributed by atoms with Crippen LogP contribution in [0.4, 0.5) is 0 Å². The topological polar surface area (TPSA) is 46.5 Å². The molecule has 0 aliphatic carbocycles. The minimum Gasteiger partial charge on any atom is -0.478 e. The minimum absolute atomic E-state index is 0.287. The number of carboxylic acids is 1. The molecule has 3 nitrogen and oxygen atoms in total. The van der Waals surface area contributed by atoms with Crippen molar-refractivity contribution in [2.45, 2.75) is 39.5 Å². The third kappa shape index (κ3) is 8.18. The highest BCUT2D eigenvalue weighted by Gasteiger charge is 2.07. The molecule has 0 heterocycles. The van der Waals surface area contributed by atoms with E-state index in [1.54, 1.807) is 0 Å². The molecule has 1 unspecified atom stereocenters. The second-order valence-corrected chi connectivity index (χ2v) is 3.98. The average Bonchev–Trinajstić information content (AvgIpc) is 2.20. The number of carbonyl (C=O) groups is 1. The van der Waals surface area contributed by atoms with E-state index in [9.17, 15) is 4.79 Å². The second kappa shape index (κ2) is 8.48. The van der Waals surface area contributed by atoms with Gasteiger partial charge in [0.2, 0.25) is 0 Å². The van der Waals surface area contributed by atoms with Gasteiger partial charge in [-0.1, -0.05) is 26.8 Å². The summed E-state index contributed by atoms with van der Waals surface area (Å²) in [5.41, 5.74) is 0.287. The Morgan fingerprint density at radius 2 is 2.20 bits per heavy atom. The Morgan fingerprint density at radius 1 is 1.53 bits per heavy atom. The lowest BCUT2D eigenvalue weighted by Gasteiger charge is -2.11. The number of unbranched alkanes of at least 4 members (excludes halogenated alkanes) is 1. The van der Waals surface area contributed by atoms with Crippen LogP contribution in [0.15, 0.2) is 12.2 Å². The molecule has 0 radical (unpaired) electrons. The Hall–Kier alpha value is -0.830. The van der Waals surface area contributed by atoms with Gasteiger partial charge < -0.3 is 9.84 Å². The first-order valence-corrected chi connectivity index (χ1v) is 5.56. The molecule has 0 aliphatic rings. The van der Waals surface area contributed by atoms with Crippen LogP contribution in [0.5, 0.6) is 0 Å². The third-order valence-electron chi connectivity index (χ3n) is 2.29. The zero-order valence-electron chi connectivity index (χ0n) is 9.79. The molecule has 3 heteroatoms. The van der Waals surface area contributed by atoms with E-state index in [2.05, 4.69) is 20.4 Å². The van der Waals surface area contributed by atoms with Crippen molar-refractivity contribution < 1.29 is 14.6 Å². The lowest BCUT2D eigenvalue weighted by Crippen LogP contribution is -2.08. The maximum Gasteiger partial charge on any atom is 0.330 e. The van der Waals surface area contributed by atoms with Crippen LogP contribution in [-0.4, -0.2) is 24.3 Å². The van der Waals surface area contributed by atoms with E-state index in [1.807, 2.05) is 0 Å². The summed E-state index contributed by atoms with van der Waals surface area (Å²) in [4.78, 5) is 10.5. The van der Waals surface area contributed by atoms with Crippen LogP contribution in [0.3, 0.4) is 0 Å². The van der Waals surface area contributed by atoms with Gasteiger partial charge in [-0.3, -0.25) is 0 Å². The van der Waals surface area contributed by atoms with Crippen LogP contribution in [-0.2, 0) is 9.53 Å². The fraction of sp³-hybridized carbons (Fsp3) is 0.750. The molecular formula is C12H22O3. The molecule has 1 N–H and O–H groups in total. The summed E-state index contributed by atoms with van der Waals surface area (Å²) in [6.07, 6.45) is 3.61. The number of ether oxygens (including phenoxy) is 1. The monoisotopic (exact) mass is 214 g/mol. The SMILES string of the molecule is C=C(CCC(C)COCCCC)C(=O)O. The molecule has 0 aromatic rings. The van der Waals surface area contributed by atoms with Crippen molar-refractivity contribution in [1.29, 1.82) is 0 Å². The fourth-order valence-corrected chi connectivity index (χ4v) is 1.14. The number of hydrogen-bond acceptors (Lipinski definition) is 2. The smallest absolute Gasteiger partial charge is 0.330 e. The first-order chi connectivity index (χ1) is 7.07. The lowest BCUT2D eigenvalue weighted by molar-refractivity contribution is -0.132. The minimum atomic E-state index is -0.894. The predicted molar refractivity (Wildman–Crippen MR) is 60.9 cm³/mol. The highest BCUT2D eigenvalue weighted by Crippen LogP contribution is 2.11. The summed E-state index contributed by atoms with van der Waals surface area (Å²) in [7, 11) is 0. The zero-order valence-corrected chi connectivity index (χ0v) is 9.79. The van der Waals surface area contributed by atoms with Crippen LogP contribution < -0.4 is 0 Å². The van der Waals surface area contributed by atoms with Gasteiger partial charge in [0.15, 0.2) is 0 Å². The van der Waals surface area contributed by atoms with Gasteiger partial charge in [0, 0.05) is 18.8 Å².